The monoisotopic (exact) mass is 394 g/mol. The third-order valence-corrected chi connectivity index (χ3v) is 5.06. The molecule has 2 atom stereocenters. The van der Waals surface area contributed by atoms with E-state index in [0.29, 0.717) is 16.9 Å². The first-order valence-electron chi connectivity index (χ1n) is 8.48. The molecule has 7 nitrogen and oxygen atoms in total. The van der Waals surface area contributed by atoms with Crippen molar-refractivity contribution in [3.8, 4) is 0 Å². The van der Waals surface area contributed by atoms with Crippen LogP contribution in [0.5, 0.6) is 0 Å². The van der Waals surface area contributed by atoms with E-state index in [1.165, 1.54) is 18.3 Å². The van der Waals surface area contributed by atoms with Crippen LogP contribution in [0.2, 0.25) is 0 Å². The van der Waals surface area contributed by atoms with Crippen molar-refractivity contribution in [3.63, 3.8) is 0 Å². The predicted molar refractivity (Wildman–Crippen MR) is 109 cm³/mol. The minimum Gasteiger partial charge on any atom is -0.391 e. The summed E-state index contributed by atoms with van der Waals surface area (Å²) in [4.78, 5) is 28.1. The lowest BCUT2D eigenvalue weighted by atomic mass is 10.1. The Kier molecular flexibility index (Phi) is 5.89. The molecular weight excluding hydrogens is 376 g/mol. The van der Waals surface area contributed by atoms with Crippen LogP contribution < -0.4 is 16.2 Å². The lowest BCUT2D eigenvalue weighted by Gasteiger charge is -2.22. The van der Waals surface area contributed by atoms with Crippen LogP contribution in [0.3, 0.4) is 0 Å². The summed E-state index contributed by atoms with van der Waals surface area (Å²) in [6.45, 7) is 8.73. The van der Waals surface area contributed by atoms with E-state index in [1.54, 1.807) is 42.5 Å². The topological polar surface area (TPSA) is 94.8 Å². The molecule has 0 aliphatic rings. The van der Waals surface area contributed by atoms with Gasteiger partial charge in [0.2, 0.25) is 5.69 Å². The van der Waals surface area contributed by atoms with Gasteiger partial charge >= 0.3 is 0 Å². The molecule has 2 amide bonds. The van der Waals surface area contributed by atoms with Gasteiger partial charge in [0.1, 0.15) is 6.04 Å². The summed E-state index contributed by atoms with van der Waals surface area (Å²) in [6.07, 6.45) is -1.03. The zero-order chi connectivity index (χ0) is 20.1. The van der Waals surface area contributed by atoms with Gasteiger partial charge < -0.3 is 10.4 Å². The second-order valence-electron chi connectivity index (χ2n) is 6.08. The van der Waals surface area contributed by atoms with Gasteiger partial charge in [-0.2, -0.15) is 11.3 Å². The second kappa shape index (κ2) is 8.52. The summed E-state index contributed by atoms with van der Waals surface area (Å²) in [5.41, 5.74) is 6.24. The van der Waals surface area contributed by atoms with Crippen molar-refractivity contribution in [2.24, 2.45) is 0 Å². The number of nitrogens with zero attached hydrogens (tertiary/aromatic N) is 1. The number of rotatable bonds is 5. The predicted octanol–water partition coefficient (Wildman–Crippen LogP) is 3.07. The molecule has 0 aliphatic heterocycles. The van der Waals surface area contributed by atoms with Gasteiger partial charge in [0.25, 0.3) is 11.8 Å². The Morgan fingerprint density at radius 1 is 1.11 bits per heavy atom. The number of benzene rings is 2. The molecule has 0 fully saturated rings. The van der Waals surface area contributed by atoms with Crippen LogP contribution >= 0.6 is 11.3 Å². The minimum atomic E-state index is -1.03. The highest BCUT2D eigenvalue weighted by molar-refractivity contribution is 7.18. The van der Waals surface area contributed by atoms with Gasteiger partial charge in [-0.05, 0) is 36.6 Å². The first kappa shape index (κ1) is 19.4. The van der Waals surface area contributed by atoms with E-state index in [9.17, 15) is 14.7 Å². The van der Waals surface area contributed by atoms with E-state index in [1.807, 2.05) is 11.4 Å². The fourth-order valence-corrected chi connectivity index (χ4v) is 3.57. The third-order valence-electron chi connectivity index (χ3n) is 4.13. The quantitative estimate of drug-likeness (QED) is 0.395. The number of hydrazine groups is 1. The number of hydrogen-bond acceptors (Lipinski definition) is 5. The smallest absolute Gasteiger partial charge is 0.269 e. The molecule has 1 aromatic heterocycles. The third kappa shape index (κ3) is 4.11. The summed E-state index contributed by atoms with van der Waals surface area (Å²) in [7, 11) is 0. The normalized spacial score (nSPS) is 12.6. The average molecular weight is 394 g/mol. The van der Waals surface area contributed by atoms with Crippen molar-refractivity contribution >= 4 is 44.6 Å². The number of carbonyl (C=O) groups is 2. The van der Waals surface area contributed by atoms with Crippen molar-refractivity contribution in [2.75, 3.05) is 5.32 Å². The van der Waals surface area contributed by atoms with Crippen molar-refractivity contribution in [1.82, 2.24) is 10.9 Å². The average Bonchev–Trinajstić information content (AvgIpc) is 3.20. The van der Waals surface area contributed by atoms with Crippen molar-refractivity contribution in [3.05, 3.63) is 70.9 Å². The van der Waals surface area contributed by atoms with E-state index in [-0.39, 0.29) is 0 Å². The molecular formula is C20H18N4O3S. The lowest BCUT2D eigenvalue weighted by Crippen LogP contribution is -2.52. The van der Waals surface area contributed by atoms with Gasteiger partial charge in [0, 0.05) is 21.3 Å². The minimum absolute atomic E-state index is 0.402. The molecule has 0 spiro atoms. The summed E-state index contributed by atoms with van der Waals surface area (Å²) in [5.74, 6) is -1.04. The van der Waals surface area contributed by atoms with Crippen LogP contribution in [0.15, 0.2) is 53.9 Å². The molecule has 0 aliphatic carbocycles. The van der Waals surface area contributed by atoms with Crippen molar-refractivity contribution in [1.29, 1.82) is 0 Å². The van der Waals surface area contributed by atoms with Gasteiger partial charge in [-0.15, -0.1) is 0 Å². The largest absolute Gasteiger partial charge is 0.391 e. The first-order chi connectivity index (χ1) is 13.5. The molecule has 1 heterocycles. The SMILES string of the molecule is [C-]#[N+]c1ccc(N[C@@H](C(=O)NNC(=O)c2ccccc2)[C@@H](C)O)c2ccsc12. The highest BCUT2D eigenvalue weighted by atomic mass is 32.1. The van der Waals surface area contributed by atoms with E-state index in [0.717, 1.165) is 10.1 Å². The van der Waals surface area contributed by atoms with Crippen LogP contribution in [-0.2, 0) is 4.79 Å². The molecule has 8 heteroatoms. The van der Waals surface area contributed by atoms with E-state index in [4.69, 9.17) is 6.57 Å². The summed E-state index contributed by atoms with van der Waals surface area (Å²) in [5, 5.41) is 15.7. The number of carbonyl (C=O) groups excluding carboxylic acids is 2. The van der Waals surface area contributed by atoms with Gasteiger partial charge in [0.15, 0.2) is 0 Å². The van der Waals surface area contributed by atoms with Crippen LogP contribution in [0.25, 0.3) is 14.9 Å². The van der Waals surface area contributed by atoms with Crippen LogP contribution in [0, 0.1) is 6.57 Å². The Hall–Kier alpha value is -3.41. The molecule has 0 saturated carbocycles. The molecule has 0 radical (unpaired) electrons. The zero-order valence-electron chi connectivity index (χ0n) is 15.0. The van der Waals surface area contributed by atoms with Crippen LogP contribution in [-0.4, -0.2) is 29.1 Å². The summed E-state index contributed by atoms with van der Waals surface area (Å²) >= 11 is 1.43. The molecule has 28 heavy (non-hydrogen) atoms. The van der Waals surface area contributed by atoms with Crippen LogP contribution in [0.1, 0.15) is 17.3 Å². The zero-order valence-corrected chi connectivity index (χ0v) is 15.8. The fourth-order valence-electron chi connectivity index (χ4n) is 2.69. The van der Waals surface area contributed by atoms with Crippen molar-refractivity contribution in [2.45, 2.75) is 19.1 Å². The number of fused-ring (bicyclic) bond motifs is 1. The van der Waals surface area contributed by atoms with Gasteiger partial charge in [-0.1, -0.05) is 24.3 Å². The maximum absolute atomic E-state index is 12.5. The van der Waals surface area contributed by atoms with Crippen molar-refractivity contribution < 1.29 is 14.7 Å². The van der Waals surface area contributed by atoms with Gasteiger partial charge in [-0.3, -0.25) is 20.4 Å². The lowest BCUT2D eigenvalue weighted by molar-refractivity contribution is -0.124. The molecule has 0 bridgehead atoms. The molecule has 142 valence electrons. The highest BCUT2D eigenvalue weighted by Gasteiger charge is 2.25. The molecule has 4 N–H and O–H groups in total. The number of anilines is 1. The van der Waals surface area contributed by atoms with Gasteiger partial charge in [-0.25, -0.2) is 4.85 Å². The molecule has 3 aromatic rings. The maximum Gasteiger partial charge on any atom is 0.269 e. The number of nitrogens with one attached hydrogen (secondary N) is 3. The highest BCUT2D eigenvalue weighted by Crippen LogP contribution is 2.36. The summed E-state index contributed by atoms with van der Waals surface area (Å²) < 4.78 is 0.808. The Bertz CT molecular complexity index is 1040. The number of hydrogen-bond donors (Lipinski definition) is 4. The number of aliphatic hydroxyl groups excluding tert-OH is 1. The van der Waals surface area contributed by atoms with E-state index >= 15 is 0 Å². The van der Waals surface area contributed by atoms with E-state index < -0.39 is 24.0 Å². The Labute approximate surface area is 165 Å². The Morgan fingerprint density at radius 3 is 2.54 bits per heavy atom. The number of aliphatic hydroxyl groups is 1. The standard InChI is InChI=1S/C20H18N4O3S/c1-12(25)17(20(27)24-23-19(26)13-6-4-3-5-7-13)22-15-8-9-16(21-2)18-14(15)10-11-28-18/h3-12,17,22,25H,1H3,(H,23,26)(H,24,27)/t12-,17-/m1/s1. The summed E-state index contributed by atoms with van der Waals surface area (Å²) in [6, 6.07) is 12.7. The van der Waals surface area contributed by atoms with E-state index in [2.05, 4.69) is 21.0 Å². The number of amides is 2. The molecule has 0 unspecified atom stereocenters. The Balaban J connectivity index is 1.73. The molecule has 0 saturated heterocycles. The fraction of sp³-hybridized carbons (Fsp3) is 0.150. The molecule has 3 rings (SSSR count). The molecule has 2 aromatic carbocycles. The Morgan fingerprint density at radius 2 is 1.86 bits per heavy atom. The number of thiophene rings is 1. The van der Waals surface area contributed by atoms with Crippen LogP contribution in [0.4, 0.5) is 11.4 Å². The second-order valence-corrected chi connectivity index (χ2v) is 7.00. The van der Waals surface area contributed by atoms with Gasteiger partial charge in [0.05, 0.1) is 12.7 Å². The maximum atomic E-state index is 12.5. The first-order valence-corrected chi connectivity index (χ1v) is 9.36.